The van der Waals surface area contributed by atoms with Gasteiger partial charge in [-0.25, -0.2) is 9.67 Å². The van der Waals surface area contributed by atoms with Gasteiger partial charge in [-0.1, -0.05) is 11.6 Å². The van der Waals surface area contributed by atoms with Gasteiger partial charge < -0.3 is 4.90 Å². The minimum absolute atomic E-state index is 0.00331. The third-order valence-electron chi connectivity index (χ3n) is 3.15. The third-order valence-corrected chi connectivity index (χ3v) is 3.40. The highest BCUT2D eigenvalue weighted by Gasteiger charge is 2.23. The summed E-state index contributed by atoms with van der Waals surface area (Å²) >= 11 is 5.83. The molecule has 0 saturated carbocycles. The zero-order valence-electron chi connectivity index (χ0n) is 10.5. The maximum Gasteiger partial charge on any atom is 0.254 e. The second kappa shape index (κ2) is 4.66. The maximum atomic E-state index is 12.4. The molecule has 6 heteroatoms. The molecule has 1 aliphatic rings. The first kappa shape index (κ1) is 12.2. The molecule has 2 aromatic rings. The molecule has 1 aliphatic heterocycles. The molecular weight excluding hydrogens is 264 g/mol. The second-order valence-corrected chi connectivity index (χ2v) is 4.97. The van der Waals surface area contributed by atoms with Gasteiger partial charge in [0.05, 0.1) is 13.1 Å². The van der Waals surface area contributed by atoms with Crippen molar-refractivity contribution in [2.75, 3.05) is 6.54 Å². The van der Waals surface area contributed by atoms with Gasteiger partial charge in [0.25, 0.3) is 5.91 Å². The molecule has 19 heavy (non-hydrogen) atoms. The van der Waals surface area contributed by atoms with E-state index in [1.165, 1.54) is 0 Å². The normalized spacial score (nSPS) is 14.3. The number of amides is 1. The van der Waals surface area contributed by atoms with E-state index in [0.29, 0.717) is 30.2 Å². The van der Waals surface area contributed by atoms with Crippen LogP contribution in [-0.2, 0) is 13.1 Å². The molecule has 0 N–H and O–H groups in total. The fourth-order valence-corrected chi connectivity index (χ4v) is 2.33. The maximum absolute atomic E-state index is 12.4. The van der Waals surface area contributed by atoms with Crippen molar-refractivity contribution in [2.24, 2.45) is 0 Å². The Morgan fingerprint density at radius 2 is 2.00 bits per heavy atom. The lowest BCUT2D eigenvalue weighted by Crippen LogP contribution is -2.38. The first-order chi connectivity index (χ1) is 9.13. The topological polar surface area (TPSA) is 51.0 Å². The molecule has 1 amide bonds. The number of aryl methyl sites for hydroxylation is 1. The summed E-state index contributed by atoms with van der Waals surface area (Å²) in [4.78, 5) is 18.5. The highest BCUT2D eigenvalue weighted by atomic mass is 35.5. The second-order valence-electron chi connectivity index (χ2n) is 4.53. The van der Waals surface area contributed by atoms with Crippen molar-refractivity contribution >= 4 is 17.5 Å². The van der Waals surface area contributed by atoms with E-state index in [9.17, 15) is 4.79 Å². The van der Waals surface area contributed by atoms with Crippen molar-refractivity contribution in [1.29, 1.82) is 0 Å². The molecule has 5 nitrogen and oxygen atoms in total. The molecule has 3 rings (SSSR count). The summed E-state index contributed by atoms with van der Waals surface area (Å²) in [5.41, 5.74) is 0.647. The smallest absolute Gasteiger partial charge is 0.254 e. The predicted molar refractivity (Wildman–Crippen MR) is 71.0 cm³/mol. The largest absolute Gasteiger partial charge is 0.329 e. The van der Waals surface area contributed by atoms with E-state index >= 15 is 0 Å². The van der Waals surface area contributed by atoms with Gasteiger partial charge in [-0.3, -0.25) is 4.79 Å². The van der Waals surface area contributed by atoms with E-state index in [1.54, 1.807) is 29.2 Å². The number of rotatable bonds is 1. The van der Waals surface area contributed by atoms with Crippen LogP contribution < -0.4 is 0 Å². The minimum atomic E-state index is 0.00331. The van der Waals surface area contributed by atoms with E-state index < -0.39 is 0 Å². The van der Waals surface area contributed by atoms with Crippen molar-refractivity contribution in [3.05, 3.63) is 46.5 Å². The third kappa shape index (κ3) is 2.33. The molecule has 0 spiro atoms. The average Bonchev–Trinajstić information content (AvgIpc) is 2.77. The zero-order valence-corrected chi connectivity index (χ0v) is 11.3. The number of nitrogens with zero attached hydrogens (tertiary/aromatic N) is 4. The van der Waals surface area contributed by atoms with Gasteiger partial charge in [0.2, 0.25) is 0 Å². The van der Waals surface area contributed by atoms with Gasteiger partial charge in [-0.05, 0) is 31.2 Å². The average molecular weight is 277 g/mol. The van der Waals surface area contributed by atoms with E-state index in [2.05, 4.69) is 10.1 Å². The molecule has 98 valence electrons. The molecular formula is C13H13ClN4O. The first-order valence-electron chi connectivity index (χ1n) is 6.08. The molecule has 2 heterocycles. The van der Waals surface area contributed by atoms with Crippen LogP contribution in [0, 0.1) is 6.92 Å². The Kier molecular flexibility index (Phi) is 2.98. The number of aromatic nitrogens is 3. The van der Waals surface area contributed by atoms with Gasteiger partial charge in [0.1, 0.15) is 11.6 Å². The Labute approximate surface area is 115 Å². The number of fused-ring (bicyclic) bond motifs is 1. The van der Waals surface area contributed by atoms with Crippen LogP contribution >= 0.6 is 11.6 Å². The molecule has 0 aliphatic carbocycles. The fraction of sp³-hybridized carbons (Fsp3) is 0.308. The van der Waals surface area contributed by atoms with Crippen LogP contribution in [0.25, 0.3) is 0 Å². The molecule has 0 saturated heterocycles. The zero-order chi connectivity index (χ0) is 13.4. The van der Waals surface area contributed by atoms with Crippen molar-refractivity contribution in [3.63, 3.8) is 0 Å². The lowest BCUT2D eigenvalue weighted by Gasteiger charge is -2.26. The van der Waals surface area contributed by atoms with Crippen LogP contribution in [0.3, 0.4) is 0 Å². The van der Waals surface area contributed by atoms with Crippen LogP contribution in [0.2, 0.25) is 5.02 Å². The highest BCUT2D eigenvalue weighted by molar-refractivity contribution is 6.30. The number of carbonyl (C=O) groups excluding carboxylic acids is 1. The van der Waals surface area contributed by atoms with Gasteiger partial charge >= 0.3 is 0 Å². The Morgan fingerprint density at radius 1 is 1.26 bits per heavy atom. The van der Waals surface area contributed by atoms with Gasteiger partial charge in [0.15, 0.2) is 0 Å². The van der Waals surface area contributed by atoms with E-state index in [-0.39, 0.29) is 5.91 Å². The van der Waals surface area contributed by atoms with E-state index in [1.807, 2.05) is 11.6 Å². The molecule has 0 unspecified atom stereocenters. The van der Waals surface area contributed by atoms with Gasteiger partial charge in [0, 0.05) is 17.1 Å². The minimum Gasteiger partial charge on any atom is -0.329 e. The molecule has 0 atom stereocenters. The summed E-state index contributed by atoms with van der Waals surface area (Å²) in [6, 6.07) is 6.95. The number of halogens is 1. The lowest BCUT2D eigenvalue weighted by molar-refractivity contribution is 0.0702. The van der Waals surface area contributed by atoms with E-state index in [4.69, 9.17) is 11.6 Å². The van der Waals surface area contributed by atoms with Crippen molar-refractivity contribution < 1.29 is 4.79 Å². The van der Waals surface area contributed by atoms with Crippen LogP contribution in [-0.4, -0.2) is 32.1 Å². The van der Waals surface area contributed by atoms with Gasteiger partial charge in [-0.2, -0.15) is 5.10 Å². The van der Waals surface area contributed by atoms with Crippen LogP contribution in [0.1, 0.15) is 22.0 Å². The summed E-state index contributed by atoms with van der Waals surface area (Å²) in [5.74, 6) is 1.59. The molecule has 1 aromatic carbocycles. The highest BCUT2D eigenvalue weighted by Crippen LogP contribution is 2.15. The number of hydrogen-bond donors (Lipinski definition) is 0. The van der Waals surface area contributed by atoms with Crippen molar-refractivity contribution in [3.8, 4) is 0 Å². The quantitative estimate of drug-likeness (QED) is 0.799. The molecule has 0 radical (unpaired) electrons. The van der Waals surface area contributed by atoms with Crippen molar-refractivity contribution in [1.82, 2.24) is 19.7 Å². The monoisotopic (exact) mass is 276 g/mol. The Morgan fingerprint density at radius 3 is 2.74 bits per heavy atom. The van der Waals surface area contributed by atoms with Crippen LogP contribution in [0.15, 0.2) is 24.3 Å². The van der Waals surface area contributed by atoms with Crippen LogP contribution in [0.4, 0.5) is 0 Å². The van der Waals surface area contributed by atoms with Crippen LogP contribution in [0.5, 0.6) is 0 Å². The summed E-state index contributed by atoms with van der Waals surface area (Å²) in [6.45, 7) is 3.70. The van der Waals surface area contributed by atoms with Crippen molar-refractivity contribution in [2.45, 2.75) is 20.0 Å². The van der Waals surface area contributed by atoms with Gasteiger partial charge in [-0.15, -0.1) is 0 Å². The van der Waals surface area contributed by atoms with E-state index in [0.717, 1.165) is 11.6 Å². The first-order valence-corrected chi connectivity index (χ1v) is 6.46. The number of hydrogen-bond acceptors (Lipinski definition) is 3. The summed E-state index contributed by atoms with van der Waals surface area (Å²) < 4.78 is 1.86. The fourth-order valence-electron chi connectivity index (χ4n) is 2.21. The lowest BCUT2D eigenvalue weighted by atomic mass is 10.2. The number of benzene rings is 1. The Hall–Kier alpha value is -1.88. The summed E-state index contributed by atoms with van der Waals surface area (Å²) in [6.07, 6.45) is 0. The summed E-state index contributed by atoms with van der Waals surface area (Å²) in [5, 5.41) is 4.91. The standard InChI is InChI=1S/C13H13ClN4O/c1-9-15-12-8-17(6-7-18(12)16-9)13(19)10-2-4-11(14)5-3-10/h2-5H,6-8H2,1H3. The Balaban J connectivity index is 1.81. The number of carbonyl (C=O) groups is 1. The predicted octanol–water partition coefficient (Wildman–Crippen LogP) is 1.90. The molecule has 0 bridgehead atoms. The summed E-state index contributed by atoms with van der Waals surface area (Å²) in [7, 11) is 0. The SMILES string of the molecule is Cc1nc2n(n1)CCN(C(=O)c1ccc(Cl)cc1)C2. The molecule has 0 fully saturated rings. The Bertz CT molecular complexity index is 620. The molecule has 1 aromatic heterocycles.